The molecule has 0 radical (unpaired) electrons. The van der Waals surface area contributed by atoms with E-state index in [-0.39, 0.29) is 21.9 Å². The van der Waals surface area contributed by atoms with Crippen LogP contribution in [0.15, 0.2) is 29.2 Å². The summed E-state index contributed by atoms with van der Waals surface area (Å²) in [5.41, 5.74) is 0.692. The minimum atomic E-state index is -3.70. The highest BCUT2D eigenvalue weighted by molar-refractivity contribution is 7.96. The van der Waals surface area contributed by atoms with Gasteiger partial charge in [-0.2, -0.15) is 0 Å². The van der Waals surface area contributed by atoms with Crippen molar-refractivity contribution in [3.05, 3.63) is 29.8 Å². The first-order valence-electron chi connectivity index (χ1n) is 7.75. The first-order valence-corrected chi connectivity index (χ1v) is 11.1. The van der Waals surface area contributed by atoms with E-state index >= 15 is 0 Å². The molecular formula is C16H25NO4S2. The van der Waals surface area contributed by atoms with E-state index in [1.165, 1.54) is 0 Å². The maximum absolute atomic E-state index is 12.9. The van der Waals surface area contributed by atoms with Crippen LogP contribution in [0.2, 0.25) is 0 Å². The lowest BCUT2D eigenvalue weighted by atomic mass is 10.1. The van der Waals surface area contributed by atoms with E-state index in [1.54, 1.807) is 24.3 Å². The van der Waals surface area contributed by atoms with Crippen LogP contribution in [0, 0.1) is 0 Å². The van der Waals surface area contributed by atoms with Crippen molar-refractivity contribution in [1.29, 1.82) is 0 Å². The van der Waals surface area contributed by atoms with Gasteiger partial charge in [0.05, 0.1) is 21.7 Å². The number of hydrogen-bond donors (Lipinski definition) is 1. The first kappa shape index (κ1) is 18.4. The molecule has 0 aliphatic carbocycles. The van der Waals surface area contributed by atoms with Crippen LogP contribution in [0.4, 0.5) is 0 Å². The van der Waals surface area contributed by atoms with Crippen LogP contribution in [0.3, 0.4) is 0 Å². The van der Waals surface area contributed by atoms with Crippen LogP contribution >= 0.6 is 0 Å². The van der Waals surface area contributed by atoms with Gasteiger partial charge in [0.15, 0.2) is 19.7 Å². The quantitative estimate of drug-likeness (QED) is 0.883. The topological polar surface area (TPSA) is 80.3 Å². The molecule has 5 nitrogen and oxygen atoms in total. The van der Waals surface area contributed by atoms with Crippen molar-refractivity contribution < 1.29 is 16.8 Å². The van der Waals surface area contributed by atoms with Gasteiger partial charge in [0.25, 0.3) is 0 Å². The Morgan fingerprint density at radius 2 is 1.70 bits per heavy atom. The Morgan fingerprint density at radius 1 is 1.13 bits per heavy atom. The number of benzene rings is 1. The predicted octanol–water partition coefficient (Wildman–Crippen LogP) is 1.58. The highest BCUT2D eigenvalue weighted by atomic mass is 32.2. The van der Waals surface area contributed by atoms with Crippen molar-refractivity contribution in [3.8, 4) is 0 Å². The zero-order valence-corrected chi connectivity index (χ0v) is 15.7. The molecule has 0 unspecified atom stereocenters. The maximum atomic E-state index is 12.9. The molecule has 1 aliphatic heterocycles. The second kappa shape index (κ2) is 6.18. The molecule has 2 atom stereocenters. The minimum absolute atomic E-state index is 0.138. The lowest BCUT2D eigenvalue weighted by Gasteiger charge is -2.28. The molecule has 0 amide bonds. The Bertz CT molecular complexity index is 759. The van der Waals surface area contributed by atoms with E-state index < -0.39 is 31.0 Å². The summed E-state index contributed by atoms with van der Waals surface area (Å²) < 4.78 is 49.8. The van der Waals surface area contributed by atoms with E-state index in [2.05, 4.69) is 5.32 Å². The average Bonchev–Trinajstić information content (AvgIpc) is 2.72. The third-order valence-electron chi connectivity index (χ3n) is 3.98. The number of rotatable bonds is 4. The Morgan fingerprint density at radius 3 is 2.17 bits per heavy atom. The van der Waals surface area contributed by atoms with Gasteiger partial charge in [0, 0.05) is 11.6 Å². The van der Waals surface area contributed by atoms with Crippen molar-refractivity contribution in [2.24, 2.45) is 0 Å². The van der Waals surface area contributed by atoms with Gasteiger partial charge < -0.3 is 5.32 Å². The zero-order valence-electron chi connectivity index (χ0n) is 14.0. The van der Waals surface area contributed by atoms with Gasteiger partial charge in [-0.25, -0.2) is 16.8 Å². The van der Waals surface area contributed by atoms with Crippen molar-refractivity contribution in [1.82, 2.24) is 5.32 Å². The summed E-state index contributed by atoms with van der Waals surface area (Å²) in [6.07, 6.45) is 0.826. The summed E-state index contributed by atoms with van der Waals surface area (Å²) in [6, 6.07) is 6.13. The molecule has 1 N–H and O–H groups in total. The third kappa shape index (κ3) is 4.33. The molecule has 1 aromatic rings. The van der Waals surface area contributed by atoms with E-state index in [9.17, 15) is 16.8 Å². The number of nitrogens with one attached hydrogen (secondary N) is 1. The molecule has 23 heavy (non-hydrogen) atoms. The molecule has 2 rings (SSSR count). The SMILES string of the molecule is CCc1ccc(S(=O)(=O)[C@H]2CS(=O)(=O)C[C@@H]2NC(C)(C)C)cc1. The fourth-order valence-corrected chi connectivity index (χ4v) is 7.56. The van der Waals surface area contributed by atoms with Crippen molar-refractivity contribution >= 4 is 19.7 Å². The zero-order chi connectivity index (χ0) is 17.5. The fraction of sp³-hybridized carbons (Fsp3) is 0.625. The summed E-state index contributed by atoms with van der Waals surface area (Å²) >= 11 is 0. The standard InChI is InChI=1S/C16H25NO4S2/c1-5-12-6-8-13(9-7-12)23(20,21)15-11-22(18,19)10-14(15)17-16(2,3)4/h6-9,14-15,17H,5,10-11H2,1-4H3/t14-,15-/m0/s1. The van der Waals surface area contributed by atoms with E-state index in [0.717, 1.165) is 12.0 Å². The van der Waals surface area contributed by atoms with Crippen LogP contribution in [-0.4, -0.2) is 45.2 Å². The van der Waals surface area contributed by atoms with Gasteiger partial charge in [-0.15, -0.1) is 0 Å². The Labute approximate surface area is 139 Å². The Balaban J connectivity index is 2.38. The summed E-state index contributed by atoms with van der Waals surface area (Å²) in [4.78, 5) is 0.192. The van der Waals surface area contributed by atoms with Gasteiger partial charge in [-0.05, 0) is 44.9 Å². The van der Waals surface area contributed by atoms with Gasteiger partial charge in [-0.3, -0.25) is 0 Å². The van der Waals surface area contributed by atoms with Gasteiger partial charge in [-0.1, -0.05) is 19.1 Å². The third-order valence-corrected chi connectivity index (χ3v) is 8.14. The normalized spacial score (nSPS) is 24.7. The van der Waals surface area contributed by atoms with Crippen LogP contribution in [-0.2, 0) is 26.1 Å². The fourth-order valence-electron chi connectivity index (χ4n) is 2.90. The molecule has 1 fully saturated rings. The molecule has 1 aliphatic rings. The highest BCUT2D eigenvalue weighted by Gasteiger charge is 2.46. The molecule has 1 saturated heterocycles. The molecular weight excluding hydrogens is 334 g/mol. The van der Waals surface area contributed by atoms with Gasteiger partial charge in [0.2, 0.25) is 0 Å². The second-order valence-corrected chi connectivity index (χ2v) is 11.5. The average molecular weight is 360 g/mol. The van der Waals surface area contributed by atoms with Crippen molar-refractivity contribution in [2.75, 3.05) is 11.5 Å². The summed E-state index contributed by atoms with van der Waals surface area (Å²) in [7, 11) is -7.06. The van der Waals surface area contributed by atoms with E-state index in [0.29, 0.717) is 0 Å². The van der Waals surface area contributed by atoms with E-state index in [1.807, 2.05) is 27.7 Å². The van der Waals surface area contributed by atoms with E-state index in [4.69, 9.17) is 0 Å². The minimum Gasteiger partial charge on any atom is -0.307 e. The highest BCUT2D eigenvalue weighted by Crippen LogP contribution is 2.27. The van der Waals surface area contributed by atoms with Crippen LogP contribution in [0.25, 0.3) is 0 Å². The van der Waals surface area contributed by atoms with Crippen LogP contribution in [0.1, 0.15) is 33.3 Å². The first-order chi connectivity index (χ1) is 10.4. The molecule has 1 heterocycles. The summed E-state index contributed by atoms with van der Waals surface area (Å²) in [6.45, 7) is 7.70. The molecule has 0 spiro atoms. The Kier molecular flexibility index (Phi) is 4.95. The monoisotopic (exact) mass is 359 g/mol. The predicted molar refractivity (Wildman–Crippen MR) is 92.1 cm³/mol. The molecule has 0 bridgehead atoms. The van der Waals surface area contributed by atoms with Crippen molar-refractivity contribution in [2.45, 2.75) is 55.8 Å². The van der Waals surface area contributed by atoms with Gasteiger partial charge in [0.1, 0.15) is 0 Å². The van der Waals surface area contributed by atoms with Gasteiger partial charge >= 0.3 is 0 Å². The second-order valence-electron chi connectivity index (χ2n) is 7.16. The molecule has 0 aromatic heterocycles. The van der Waals surface area contributed by atoms with Crippen molar-refractivity contribution in [3.63, 3.8) is 0 Å². The molecule has 130 valence electrons. The lowest BCUT2D eigenvalue weighted by Crippen LogP contribution is -2.51. The number of sulfone groups is 2. The Hall–Kier alpha value is -0.920. The smallest absolute Gasteiger partial charge is 0.183 e. The largest absolute Gasteiger partial charge is 0.307 e. The summed E-state index contributed by atoms with van der Waals surface area (Å²) in [5.74, 6) is -0.459. The lowest BCUT2D eigenvalue weighted by molar-refractivity contribution is 0.375. The van der Waals surface area contributed by atoms with Crippen LogP contribution < -0.4 is 5.32 Å². The summed E-state index contributed by atoms with van der Waals surface area (Å²) in [5, 5.41) is 2.22. The van der Waals surface area contributed by atoms with Crippen LogP contribution in [0.5, 0.6) is 0 Å². The maximum Gasteiger partial charge on any atom is 0.183 e. The number of aryl methyl sites for hydroxylation is 1. The number of hydrogen-bond acceptors (Lipinski definition) is 5. The molecule has 1 aromatic carbocycles. The molecule has 0 saturated carbocycles. The molecule has 7 heteroatoms.